The summed E-state index contributed by atoms with van der Waals surface area (Å²) in [6, 6.07) is 6.41. The number of hydrogen-bond acceptors (Lipinski definition) is 6. The van der Waals surface area contributed by atoms with Crippen molar-refractivity contribution in [1.29, 1.82) is 0 Å². The first-order chi connectivity index (χ1) is 19.5. The van der Waals surface area contributed by atoms with Gasteiger partial charge in [0.05, 0.1) is 17.7 Å². The third-order valence-corrected chi connectivity index (χ3v) is 9.49. The molecule has 0 unspecified atom stereocenters. The Bertz CT molecular complexity index is 1580. The van der Waals surface area contributed by atoms with E-state index in [-0.39, 0.29) is 23.9 Å². The van der Waals surface area contributed by atoms with Crippen molar-refractivity contribution in [2.45, 2.75) is 85.1 Å². The molecule has 41 heavy (non-hydrogen) atoms. The summed E-state index contributed by atoms with van der Waals surface area (Å²) in [4.78, 5) is 33.9. The van der Waals surface area contributed by atoms with Gasteiger partial charge in [-0.2, -0.15) is 0 Å². The lowest BCUT2D eigenvalue weighted by Gasteiger charge is -2.39. The summed E-state index contributed by atoms with van der Waals surface area (Å²) >= 11 is 0. The highest BCUT2D eigenvalue weighted by molar-refractivity contribution is 6.02. The molecule has 1 saturated carbocycles. The lowest BCUT2D eigenvalue weighted by molar-refractivity contribution is -0.123. The number of ether oxygens (including phenoxy) is 2. The average molecular weight is 560 g/mol. The quantitative estimate of drug-likeness (QED) is 0.433. The van der Waals surface area contributed by atoms with Gasteiger partial charge in [-0.3, -0.25) is 9.59 Å². The van der Waals surface area contributed by atoms with Gasteiger partial charge < -0.3 is 28.7 Å². The standard InChI is InChI=1S/C33H41N3O5/c1-18-16-19(2)34-31(37)25(18)17-36-15-14-24-27(32(36)38)21(4)29-30(28(24)26-13-8-20(3)39-26)41-33(5,40-29)22-9-11-23(12-10-22)35(6)7/h8,13,16,22-23H,9-12,14-15,17H2,1-7H3,(H,34,37)/t22?,23?,33-/m1/s1. The molecular weight excluding hydrogens is 518 g/mol. The molecule has 1 aliphatic carbocycles. The maximum atomic E-state index is 14.2. The van der Waals surface area contributed by atoms with Gasteiger partial charge in [0.1, 0.15) is 11.5 Å². The second kappa shape index (κ2) is 10.1. The predicted octanol–water partition coefficient (Wildman–Crippen LogP) is 5.67. The zero-order chi connectivity index (χ0) is 29.2. The molecule has 2 aromatic heterocycles. The molecular formula is C33H41N3O5. The first kappa shape index (κ1) is 27.6. The number of H-pyrrole nitrogens is 1. The Morgan fingerprint density at radius 3 is 2.34 bits per heavy atom. The van der Waals surface area contributed by atoms with Crippen LogP contribution in [0.25, 0.3) is 11.3 Å². The van der Waals surface area contributed by atoms with Crippen LogP contribution in [-0.4, -0.2) is 53.2 Å². The molecule has 1 fully saturated rings. The van der Waals surface area contributed by atoms with E-state index in [0.717, 1.165) is 59.4 Å². The fraction of sp³-hybridized carbons (Fsp3) is 0.515. The van der Waals surface area contributed by atoms with Crippen LogP contribution >= 0.6 is 0 Å². The van der Waals surface area contributed by atoms with Gasteiger partial charge >= 0.3 is 0 Å². The molecule has 218 valence electrons. The number of aromatic amines is 1. The molecule has 1 aromatic carbocycles. The van der Waals surface area contributed by atoms with Gasteiger partial charge in [-0.1, -0.05) is 0 Å². The topological polar surface area (TPSA) is 88.0 Å². The minimum Gasteiger partial charge on any atom is -0.461 e. The lowest BCUT2D eigenvalue weighted by atomic mass is 9.81. The molecule has 8 nitrogen and oxygen atoms in total. The molecule has 6 rings (SSSR count). The van der Waals surface area contributed by atoms with E-state index in [1.54, 1.807) is 4.90 Å². The van der Waals surface area contributed by atoms with Gasteiger partial charge in [0, 0.05) is 42.2 Å². The maximum Gasteiger partial charge on any atom is 0.254 e. The Balaban J connectivity index is 1.40. The van der Waals surface area contributed by atoms with Crippen molar-refractivity contribution in [3.05, 3.63) is 67.8 Å². The summed E-state index contributed by atoms with van der Waals surface area (Å²) in [5.74, 6) is 2.11. The molecule has 0 spiro atoms. The van der Waals surface area contributed by atoms with E-state index in [2.05, 4.69) is 24.0 Å². The summed E-state index contributed by atoms with van der Waals surface area (Å²) in [6.07, 6.45) is 4.85. The van der Waals surface area contributed by atoms with E-state index < -0.39 is 5.79 Å². The Labute approximate surface area is 241 Å². The smallest absolute Gasteiger partial charge is 0.254 e. The minimum absolute atomic E-state index is 0.0980. The Kier molecular flexibility index (Phi) is 6.80. The molecule has 1 atom stereocenters. The number of carbonyl (C=O) groups is 1. The van der Waals surface area contributed by atoms with Crippen molar-refractivity contribution in [3.63, 3.8) is 0 Å². The number of pyridine rings is 1. The van der Waals surface area contributed by atoms with Gasteiger partial charge in [-0.25, -0.2) is 0 Å². The number of fused-ring (bicyclic) bond motifs is 2. The maximum absolute atomic E-state index is 14.2. The molecule has 0 radical (unpaired) electrons. The van der Waals surface area contributed by atoms with Crippen LogP contribution in [0.3, 0.4) is 0 Å². The zero-order valence-corrected chi connectivity index (χ0v) is 25.3. The first-order valence-electron chi connectivity index (χ1n) is 14.8. The number of aryl methyl sites for hydroxylation is 3. The number of carbonyl (C=O) groups excluding carboxylic acids is 1. The van der Waals surface area contributed by atoms with E-state index in [4.69, 9.17) is 13.9 Å². The molecule has 3 aliphatic rings. The molecule has 8 heteroatoms. The van der Waals surface area contributed by atoms with Gasteiger partial charge in [0.2, 0.25) is 0 Å². The second-order valence-electron chi connectivity index (χ2n) is 12.5. The Morgan fingerprint density at radius 1 is 1.00 bits per heavy atom. The highest BCUT2D eigenvalue weighted by Crippen LogP contribution is 2.55. The minimum atomic E-state index is -0.820. The van der Waals surface area contributed by atoms with Gasteiger partial charge in [-0.05, 0) is 103 Å². The van der Waals surface area contributed by atoms with Crippen LogP contribution in [0, 0.1) is 33.6 Å². The highest BCUT2D eigenvalue weighted by atomic mass is 16.7. The Hall–Kier alpha value is -3.52. The lowest BCUT2D eigenvalue weighted by Crippen LogP contribution is -2.46. The van der Waals surface area contributed by atoms with Crippen LogP contribution in [0.2, 0.25) is 0 Å². The number of nitrogens with one attached hydrogen (secondary N) is 1. The third kappa shape index (κ3) is 4.66. The summed E-state index contributed by atoms with van der Waals surface area (Å²) < 4.78 is 19.7. The average Bonchev–Trinajstić information content (AvgIpc) is 3.51. The van der Waals surface area contributed by atoms with Gasteiger partial charge in [0.15, 0.2) is 11.5 Å². The molecule has 3 aromatic rings. The van der Waals surface area contributed by atoms with Gasteiger partial charge in [-0.15, -0.1) is 0 Å². The van der Waals surface area contributed by atoms with Crippen molar-refractivity contribution in [1.82, 2.24) is 14.8 Å². The van der Waals surface area contributed by atoms with E-state index in [9.17, 15) is 9.59 Å². The normalized spacial score (nSPS) is 23.8. The van der Waals surface area contributed by atoms with Crippen LogP contribution in [0.5, 0.6) is 11.5 Å². The summed E-state index contributed by atoms with van der Waals surface area (Å²) in [6.45, 7) is 10.5. The van der Waals surface area contributed by atoms with Crippen molar-refractivity contribution < 1.29 is 18.7 Å². The SMILES string of the molecule is Cc1cc(C)c(CN2CCc3c(c(C)c4c(c3-c3ccc(C)o3)O[C@](C)(C3CCC(N(C)C)CC3)O4)C2=O)c(=O)[nH]1. The molecule has 2 aliphatic heterocycles. The monoisotopic (exact) mass is 559 g/mol. The van der Waals surface area contributed by atoms with Crippen LogP contribution in [0.1, 0.15) is 76.7 Å². The number of furan rings is 1. The van der Waals surface area contributed by atoms with E-state index in [1.807, 2.05) is 52.8 Å². The fourth-order valence-electron chi connectivity index (χ4n) is 7.11. The molecule has 0 bridgehead atoms. The van der Waals surface area contributed by atoms with E-state index in [0.29, 0.717) is 47.4 Å². The second-order valence-corrected chi connectivity index (χ2v) is 12.5. The Morgan fingerprint density at radius 2 is 1.71 bits per heavy atom. The number of benzene rings is 1. The van der Waals surface area contributed by atoms with Crippen molar-refractivity contribution in [2.75, 3.05) is 20.6 Å². The summed E-state index contributed by atoms with van der Waals surface area (Å²) in [5, 5.41) is 0. The van der Waals surface area contributed by atoms with Crippen LogP contribution < -0.4 is 15.0 Å². The van der Waals surface area contributed by atoms with Crippen molar-refractivity contribution in [3.8, 4) is 22.8 Å². The number of aromatic nitrogens is 1. The summed E-state index contributed by atoms with van der Waals surface area (Å²) in [7, 11) is 4.29. The van der Waals surface area contributed by atoms with E-state index in [1.165, 1.54) is 0 Å². The number of amides is 1. The number of rotatable bonds is 5. The molecule has 4 heterocycles. The summed E-state index contributed by atoms with van der Waals surface area (Å²) in [5.41, 5.74) is 5.34. The number of hydrogen-bond donors (Lipinski definition) is 1. The van der Waals surface area contributed by atoms with Crippen LogP contribution in [0.15, 0.2) is 27.4 Å². The fourth-order valence-corrected chi connectivity index (χ4v) is 7.11. The molecule has 1 amide bonds. The highest BCUT2D eigenvalue weighted by Gasteiger charge is 2.49. The predicted molar refractivity (Wildman–Crippen MR) is 158 cm³/mol. The van der Waals surface area contributed by atoms with Gasteiger partial charge in [0.25, 0.3) is 17.3 Å². The third-order valence-electron chi connectivity index (χ3n) is 9.49. The zero-order valence-electron chi connectivity index (χ0n) is 25.3. The molecule has 0 saturated heterocycles. The van der Waals surface area contributed by atoms with Crippen LogP contribution in [-0.2, 0) is 13.0 Å². The number of nitrogens with zero attached hydrogens (tertiary/aromatic N) is 2. The van der Waals surface area contributed by atoms with E-state index >= 15 is 0 Å². The van der Waals surface area contributed by atoms with Crippen molar-refractivity contribution >= 4 is 5.91 Å². The molecule has 1 N–H and O–H groups in total. The first-order valence-corrected chi connectivity index (χ1v) is 14.8. The van der Waals surface area contributed by atoms with Crippen molar-refractivity contribution in [2.24, 2.45) is 5.92 Å². The largest absolute Gasteiger partial charge is 0.461 e. The van der Waals surface area contributed by atoms with Crippen LogP contribution in [0.4, 0.5) is 0 Å².